The Hall–Kier alpha value is -2.08. The third-order valence-corrected chi connectivity index (χ3v) is 5.76. The molecule has 2 heterocycles. The standard InChI is InChI=1S/C21H28N4OS/c1-2-3-7-12-23-20(26)17-9-8-15-25(16-17)19-21(24-14-13-22-19)27-18-10-5-4-6-11-18/h4-6,10-11,13-14,17H,2-3,7-9,12,15-16H2,1H3,(H,23,26)/t17-/m1/s1. The van der Waals surface area contributed by atoms with E-state index in [0.717, 1.165) is 54.5 Å². The first-order chi connectivity index (χ1) is 13.3. The summed E-state index contributed by atoms with van der Waals surface area (Å²) in [6.45, 7) is 4.58. The number of aromatic nitrogens is 2. The highest BCUT2D eigenvalue weighted by molar-refractivity contribution is 7.99. The zero-order chi connectivity index (χ0) is 18.9. The minimum absolute atomic E-state index is 0.0250. The van der Waals surface area contributed by atoms with Crippen LogP contribution in [0.3, 0.4) is 0 Å². The number of unbranched alkanes of at least 4 members (excludes halogenated alkanes) is 2. The van der Waals surface area contributed by atoms with Gasteiger partial charge < -0.3 is 10.2 Å². The van der Waals surface area contributed by atoms with Crippen LogP contribution in [0.1, 0.15) is 39.0 Å². The number of benzene rings is 1. The third kappa shape index (κ3) is 5.70. The number of anilines is 1. The molecule has 0 bridgehead atoms. The molecule has 0 aliphatic carbocycles. The van der Waals surface area contributed by atoms with Gasteiger partial charge in [-0.1, -0.05) is 49.7 Å². The first kappa shape index (κ1) is 19.7. The van der Waals surface area contributed by atoms with Crippen molar-refractivity contribution >= 4 is 23.5 Å². The first-order valence-corrected chi connectivity index (χ1v) is 10.7. The van der Waals surface area contributed by atoms with Gasteiger partial charge >= 0.3 is 0 Å². The Morgan fingerprint density at radius 3 is 2.85 bits per heavy atom. The number of rotatable bonds is 8. The lowest BCUT2D eigenvalue weighted by molar-refractivity contribution is -0.125. The Morgan fingerprint density at radius 1 is 1.22 bits per heavy atom. The van der Waals surface area contributed by atoms with E-state index in [2.05, 4.69) is 39.2 Å². The zero-order valence-corrected chi connectivity index (χ0v) is 16.8. The highest BCUT2D eigenvalue weighted by Crippen LogP contribution is 2.33. The molecule has 5 nitrogen and oxygen atoms in total. The van der Waals surface area contributed by atoms with Crippen molar-refractivity contribution in [2.75, 3.05) is 24.5 Å². The van der Waals surface area contributed by atoms with E-state index in [9.17, 15) is 4.79 Å². The van der Waals surface area contributed by atoms with E-state index in [1.54, 1.807) is 24.2 Å². The second-order valence-corrected chi connectivity index (χ2v) is 7.95. The van der Waals surface area contributed by atoms with Crippen molar-refractivity contribution in [3.8, 4) is 0 Å². The molecule has 27 heavy (non-hydrogen) atoms. The molecule has 1 saturated heterocycles. The quantitative estimate of drug-likeness (QED) is 0.693. The predicted octanol–water partition coefficient (Wildman–Crippen LogP) is 4.15. The maximum atomic E-state index is 12.5. The van der Waals surface area contributed by atoms with E-state index in [0.29, 0.717) is 6.54 Å². The van der Waals surface area contributed by atoms with Gasteiger partial charge in [0.05, 0.1) is 5.92 Å². The van der Waals surface area contributed by atoms with Crippen LogP contribution in [-0.2, 0) is 4.79 Å². The summed E-state index contributed by atoms with van der Waals surface area (Å²) in [6, 6.07) is 10.2. The predicted molar refractivity (Wildman–Crippen MR) is 110 cm³/mol. The number of hydrogen-bond acceptors (Lipinski definition) is 5. The third-order valence-electron chi connectivity index (χ3n) is 4.78. The molecule has 1 fully saturated rings. The van der Waals surface area contributed by atoms with Crippen molar-refractivity contribution < 1.29 is 4.79 Å². The maximum Gasteiger partial charge on any atom is 0.224 e. The molecular formula is C21H28N4OS. The van der Waals surface area contributed by atoms with Crippen LogP contribution in [0.15, 0.2) is 52.6 Å². The lowest BCUT2D eigenvalue weighted by Gasteiger charge is -2.33. The van der Waals surface area contributed by atoms with E-state index in [4.69, 9.17) is 0 Å². The van der Waals surface area contributed by atoms with Crippen LogP contribution in [0.5, 0.6) is 0 Å². The molecule has 0 spiro atoms. The topological polar surface area (TPSA) is 58.1 Å². The van der Waals surface area contributed by atoms with Crippen molar-refractivity contribution in [1.29, 1.82) is 0 Å². The van der Waals surface area contributed by atoms with Gasteiger partial charge in [-0.2, -0.15) is 0 Å². The van der Waals surface area contributed by atoms with Crippen LogP contribution >= 0.6 is 11.8 Å². The van der Waals surface area contributed by atoms with E-state index >= 15 is 0 Å². The normalized spacial score (nSPS) is 16.9. The lowest BCUT2D eigenvalue weighted by Crippen LogP contribution is -2.43. The fourth-order valence-electron chi connectivity index (χ4n) is 3.32. The average Bonchev–Trinajstić information content (AvgIpc) is 2.72. The van der Waals surface area contributed by atoms with Crippen LogP contribution in [0.4, 0.5) is 5.82 Å². The van der Waals surface area contributed by atoms with Crippen molar-refractivity contribution in [2.24, 2.45) is 5.92 Å². The number of nitrogens with one attached hydrogen (secondary N) is 1. The van der Waals surface area contributed by atoms with Crippen molar-refractivity contribution in [3.05, 3.63) is 42.7 Å². The first-order valence-electron chi connectivity index (χ1n) is 9.84. The maximum absolute atomic E-state index is 12.5. The molecule has 0 saturated carbocycles. The van der Waals surface area contributed by atoms with Gasteiger partial charge in [-0.3, -0.25) is 4.79 Å². The molecular weight excluding hydrogens is 356 g/mol. The minimum atomic E-state index is 0.0250. The van der Waals surface area contributed by atoms with Crippen LogP contribution in [0.2, 0.25) is 0 Å². The number of hydrogen-bond donors (Lipinski definition) is 1. The van der Waals surface area contributed by atoms with Crippen molar-refractivity contribution in [1.82, 2.24) is 15.3 Å². The highest BCUT2D eigenvalue weighted by Gasteiger charge is 2.27. The van der Waals surface area contributed by atoms with Gasteiger partial charge in [-0.05, 0) is 31.4 Å². The second-order valence-electron chi connectivity index (χ2n) is 6.88. The lowest BCUT2D eigenvalue weighted by atomic mass is 9.97. The molecule has 1 atom stereocenters. The largest absolute Gasteiger partial charge is 0.356 e. The Balaban J connectivity index is 1.65. The Kier molecular flexibility index (Phi) is 7.51. The summed E-state index contributed by atoms with van der Waals surface area (Å²) in [5.41, 5.74) is 0. The Morgan fingerprint density at radius 2 is 2.04 bits per heavy atom. The Bertz CT molecular complexity index is 725. The second kappa shape index (κ2) is 10.3. The van der Waals surface area contributed by atoms with Gasteiger partial charge in [0.2, 0.25) is 5.91 Å². The van der Waals surface area contributed by atoms with Gasteiger partial charge in [0.1, 0.15) is 5.03 Å². The zero-order valence-electron chi connectivity index (χ0n) is 15.9. The van der Waals surface area contributed by atoms with Gasteiger partial charge in [0, 0.05) is 36.9 Å². The van der Waals surface area contributed by atoms with Crippen LogP contribution in [0, 0.1) is 5.92 Å². The number of piperidine rings is 1. The number of amides is 1. The number of carbonyl (C=O) groups excluding carboxylic acids is 1. The molecule has 1 aliphatic rings. The van der Waals surface area contributed by atoms with Gasteiger partial charge in [-0.15, -0.1) is 0 Å². The molecule has 1 aliphatic heterocycles. The van der Waals surface area contributed by atoms with Crippen LogP contribution < -0.4 is 10.2 Å². The summed E-state index contributed by atoms with van der Waals surface area (Å²) in [7, 11) is 0. The van der Waals surface area contributed by atoms with E-state index in [1.807, 2.05) is 18.2 Å². The van der Waals surface area contributed by atoms with E-state index in [1.165, 1.54) is 6.42 Å². The van der Waals surface area contributed by atoms with E-state index < -0.39 is 0 Å². The number of nitrogens with zero attached hydrogens (tertiary/aromatic N) is 3. The molecule has 1 amide bonds. The molecule has 0 unspecified atom stereocenters. The summed E-state index contributed by atoms with van der Waals surface area (Å²) < 4.78 is 0. The number of carbonyl (C=O) groups is 1. The monoisotopic (exact) mass is 384 g/mol. The average molecular weight is 385 g/mol. The van der Waals surface area contributed by atoms with Crippen molar-refractivity contribution in [3.63, 3.8) is 0 Å². The minimum Gasteiger partial charge on any atom is -0.356 e. The summed E-state index contributed by atoms with van der Waals surface area (Å²) >= 11 is 1.62. The molecule has 1 aromatic carbocycles. The smallest absolute Gasteiger partial charge is 0.224 e. The molecule has 3 rings (SSSR count). The fourth-order valence-corrected chi connectivity index (χ4v) is 4.22. The fraction of sp³-hybridized carbons (Fsp3) is 0.476. The SMILES string of the molecule is CCCCCNC(=O)[C@@H]1CCCN(c2nccnc2Sc2ccccc2)C1. The summed E-state index contributed by atoms with van der Waals surface area (Å²) in [4.78, 5) is 25.0. The summed E-state index contributed by atoms with van der Waals surface area (Å²) in [5, 5.41) is 4.00. The van der Waals surface area contributed by atoms with Crippen LogP contribution in [-0.4, -0.2) is 35.5 Å². The highest BCUT2D eigenvalue weighted by atomic mass is 32.2. The summed E-state index contributed by atoms with van der Waals surface area (Å²) in [5.74, 6) is 1.09. The molecule has 1 N–H and O–H groups in total. The molecule has 144 valence electrons. The Labute approximate surface area is 166 Å². The van der Waals surface area contributed by atoms with Crippen LogP contribution in [0.25, 0.3) is 0 Å². The molecule has 0 radical (unpaired) electrons. The molecule has 2 aromatic rings. The van der Waals surface area contributed by atoms with Gasteiger partial charge in [0.25, 0.3) is 0 Å². The van der Waals surface area contributed by atoms with Gasteiger partial charge in [-0.25, -0.2) is 9.97 Å². The van der Waals surface area contributed by atoms with Crippen molar-refractivity contribution in [2.45, 2.75) is 48.9 Å². The summed E-state index contributed by atoms with van der Waals surface area (Å²) in [6.07, 6.45) is 8.80. The molecule has 1 aromatic heterocycles. The molecule has 6 heteroatoms. The van der Waals surface area contributed by atoms with Gasteiger partial charge in [0.15, 0.2) is 5.82 Å². The van der Waals surface area contributed by atoms with E-state index in [-0.39, 0.29) is 11.8 Å².